The highest BCUT2D eigenvalue weighted by Crippen LogP contribution is 2.28. The topological polar surface area (TPSA) is 76.1 Å². The van der Waals surface area contributed by atoms with Crippen molar-refractivity contribution in [3.05, 3.63) is 135 Å². The van der Waals surface area contributed by atoms with Crippen molar-refractivity contribution in [3.8, 4) is 5.75 Å². The van der Waals surface area contributed by atoms with E-state index in [1.807, 2.05) is 55.6 Å². The van der Waals surface area contributed by atoms with Crippen LogP contribution in [-0.4, -0.2) is 60.8 Å². The molecule has 6 nitrogen and oxygen atoms in total. The van der Waals surface area contributed by atoms with Crippen molar-refractivity contribution in [1.29, 1.82) is 0 Å². The Balaban J connectivity index is 1.33. The molecule has 4 aromatic carbocycles. The average molecular weight is 675 g/mol. The normalized spacial score (nSPS) is 12.3. The number of ketones is 1. The van der Waals surface area contributed by atoms with Gasteiger partial charge in [0, 0.05) is 35.5 Å². The molecule has 46 heavy (non-hydrogen) atoms. The highest BCUT2D eigenvalue weighted by atomic mass is 35.5. The molecule has 1 unspecified atom stereocenters. The molecule has 0 radical (unpaired) electrons. The minimum Gasteiger partial charge on any atom is -0.492 e. The maximum Gasteiger partial charge on any atom is 0.452 e. The van der Waals surface area contributed by atoms with Crippen molar-refractivity contribution in [2.75, 3.05) is 26.7 Å². The standard InChI is InChI=1S/C35H32Cl2F3NO5/c1-41(21-31(25-8-12-28(36)13-9-25)26-10-14-29(37)15-11-26)18-19-45-30-16-4-23(5-17-30)20-32(33(42)35(38,39)40)46-22-24-2-6-27(7-3-24)34(43)44/h2-17,31-32H,18-22H2,1H3,(H,43,44). The summed E-state index contributed by atoms with van der Waals surface area (Å²) in [6.45, 7) is 1.37. The molecule has 0 aliphatic heterocycles. The lowest BCUT2D eigenvalue weighted by Gasteiger charge is -2.25. The van der Waals surface area contributed by atoms with Crippen LogP contribution < -0.4 is 4.74 Å². The molecule has 11 heteroatoms. The number of hydrogen-bond acceptors (Lipinski definition) is 5. The number of nitrogens with zero attached hydrogens (tertiary/aromatic N) is 1. The molecule has 4 aromatic rings. The molecule has 0 saturated heterocycles. The van der Waals surface area contributed by atoms with Crippen molar-refractivity contribution < 1.29 is 37.3 Å². The van der Waals surface area contributed by atoms with Gasteiger partial charge in [-0.2, -0.15) is 13.2 Å². The van der Waals surface area contributed by atoms with Crippen LogP contribution in [0.5, 0.6) is 5.75 Å². The van der Waals surface area contributed by atoms with E-state index in [9.17, 15) is 22.8 Å². The molecule has 1 N–H and O–H groups in total. The zero-order valence-electron chi connectivity index (χ0n) is 24.8. The molecule has 0 aliphatic rings. The largest absolute Gasteiger partial charge is 0.492 e. The van der Waals surface area contributed by atoms with Crippen molar-refractivity contribution in [2.24, 2.45) is 0 Å². The maximum absolute atomic E-state index is 13.3. The van der Waals surface area contributed by atoms with E-state index in [1.165, 1.54) is 24.3 Å². The Morgan fingerprint density at radius 2 is 1.33 bits per heavy atom. The minimum absolute atomic E-state index is 0.0284. The summed E-state index contributed by atoms with van der Waals surface area (Å²) < 4.78 is 51.2. The predicted octanol–water partition coefficient (Wildman–Crippen LogP) is 8.09. The number of Topliss-reactive ketones (excluding diaryl/α,β-unsaturated/α-hetero) is 1. The third-order valence-corrected chi connectivity index (χ3v) is 7.85. The smallest absolute Gasteiger partial charge is 0.452 e. The third kappa shape index (κ3) is 10.3. The maximum atomic E-state index is 13.3. The van der Waals surface area contributed by atoms with Gasteiger partial charge in [0.15, 0.2) is 0 Å². The van der Waals surface area contributed by atoms with E-state index in [2.05, 4.69) is 4.90 Å². The van der Waals surface area contributed by atoms with Gasteiger partial charge in [-0.25, -0.2) is 4.79 Å². The Labute approximate surface area is 275 Å². The summed E-state index contributed by atoms with van der Waals surface area (Å²) in [5, 5.41) is 10.3. The second kappa shape index (κ2) is 16.1. The molecule has 0 amide bonds. The van der Waals surface area contributed by atoms with Crippen LogP contribution in [0.3, 0.4) is 0 Å². The van der Waals surface area contributed by atoms with Gasteiger partial charge in [-0.05, 0) is 77.8 Å². The SMILES string of the molecule is CN(CCOc1ccc(CC(OCc2ccc(C(=O)O)cc2)C(=O)C(F)(F)F)cc1)CC(c1ccc(Cl)cc1)c1ccc(Cl)cc1. The Hall–Kier alpha value is -3.89. The number of carbonyl (C=O) groups excluding carboxylic acids is 1. The molecule has 0 spiro atoms. The first-order chi connectivity index (χ1) is 21.9. The van der Waals surface area contributed by atoms with Gasteiger partial charge in [0.25, 0.3) is 5.78 Å². The van der Waals surface area contributed by atoms with Crippen LogP contribution in [0.1, 0.15) is 38.5 Å². The van der Waals surface area contributed by atoms with Gasteiger partial charge in [0.2, 0.25) is 0 Å². The molecule has 0 aromatic heterocycles. The Bertz CT molecular complexity index is 1530. The van der Waals surface area contributed by atoms with Gasteiger partial charge in [0.1, 0.15) is 18.5 Å². The number of benzene rings is 4. The molecule has 0 aliphatic carbocycles. The van der Waals surface area contributed by atoms with Gasteiger partial charge < -0.3 is 19.5 Å². The number of carbonyl (C=O) groups is 2. The summed E-state index contributed by atoms with van der Waals surface area (Å²) in [5.41, 5.74) is 3.14. The second-order valence-corrected chi connectivity index (χ2v) is 11.7. The minimum atomic E-state index is -5.08. The number of carboxylic acid groups (broad SMARTS) is 1. The molecular formula is C35H32Cl2F3NO5. The van der Waals surface area contributed by atoms with E-state index < -0.39 is 24.0 Å². The fraction of sp³-hybridized carbons (Fsp3) is 0.257. The zero-order chi connectivity index (χ0) is 33.3. The third-order valence-electron chi connectivity index (χ3n) is 7.35. The van der Waals surface area contributed by atoms with Crippen LogP contribution in [0.15, 0.2) is 97.1 Å². The predicted molar refractivity (Wildman–Crippen MR) is 171 cm³/mol. The fourth-order valence-electron chi connectivity index (χ4n) is 4.80. The first-order valence-electron chi connectivity index (χ1n) is 14.3. The van der Waals surface area contributed by atoms with Crippen LogP contribution in [0.4, 0.5) is 13.2 Å². The Morgan fingerprint density at radius 3 is 1.83 bits per heavy atom. The Kier molecular flexibility index (Phi) is 12.2. The summed E-state index contributed by atoms with van der Waals surface area (Å²) in [6.07, 6.45) is -7.15. The highest BCUT2D eigenvalue weighted by Gasteiger charge is 2.44. The molecule has 0 fully saturated rings. The van der Waals surface area contributed by atoms with E-state index in [-0.39, 0.29) is 24.5 Å². The first kappa shape index (κ1) is 35.0. The van der Waals surface area contributed by atoms with Crippen molar-refractivity contribution >= 4 is 35.0 Å². The second-order valence-electron chi connectivity index (χ2n) is 10.8. The van der Waals surface area contributed by atoms with Crippen LogP contribution in [0, 0.1) is 0 Å². The van der Waals surface area contributed by atoms with E-state index in [0.29, 0.717) is 46.6 Å². The molecule has 4 rings (SSSR count). The molecular weight excluding hydrogens is 642 g/mol. The molecule has 0 bridgehead atoms. The fourth-order valence-corrected chi connectivity index (χ4v) is 5.05. The monoisotopic (exact) mass is 673 g/mol. The number of ether oxygens (including phenoxy) is 2. The van der Waals surface area contributed by atoms with Gasteiger partial charge in [-0.3, -0.25) is 4.79 Å². The molecule has 0 heterocycles. The average Bonchev–Trinajstić information content (AvgIpc) is 3.03. The number of alkyl halides is 3. The molecule has 242 valence electrons. The van der Waals surface area contributed by atoms with E-state index in [0.717, 1.165) is 11.1 Å². The summed E-state index contributed by atoms with van der Waals surface area (Å²) >= 11 is 12.2. The van der Waals surface area contributed by atoms with Crippen molar-refractivity contribution in [3.63, 3.8) is 0 Å². The lowest BCUT2D eigenvalue weighted by atomic mass is 9.91. The van der Waals surface area contributed by atoms with E-state index in [1.54, 1.807) is 24.3 Å². The number of halogens is 5. The number of likely N-dealkylation sites (N-methyl/N-ethyl adjacent to an activating group) is 1. The van der Waals surface area contributed by atoms with Crippen LogP contribution in [0.2, 0.25) is 10.0 Å². The van der Waals surface area contributed by atoms with Crippen LogP contribution in [-0.2, 0) is 22.6 Å². The molecule has 1 atom stereocenters. The van der Waals surface area contributed by atoms with E-state index in [4.69, 9.17) is 37.8 Å². The highest BCUT2D eigenvalue weighted by molar-refractivity contribution is 6.30. The van der Waals surface area contributed by atoms with E-state index >= 15 is 0 Å². The van der Waals surface area contributed by atoms with Crippen molar-refractivity contribution in [2.45, 2.75) is 31.2 Å². The summed E-state index contributed by atoms with van der Waals surface area (Å²) in [4.78, 5) is 25.3. The number of aromatic carboxylic acids is 1. The number of carboxylic acids is 1. The number of rotatable bonds is 15. The zero-order valence-corrected chi connectivity index (χ0v) is 26.4. The van der Waals surface area contributed by atoms with Gasteiger partial charge in [-0.15, -0.1) is 0 Å². The van der Waals surface area contributed by atoms with Gasteiger partial charge >= 0.3 is 12.1 Å². The first-order valence-corrected chi connectivity index (χ1v) is 15.1. The molecule has 0 saturated carbocycles. The quantitative estimate of drug-likeness (QED) is 0.137. The summed E-state index contributed by atoms with van der Waals surface area (Å²) in [7, 11) is 1.99. The lowest BCUT2D eigenvalue weighted by molar-refractivity contribution is -0.183. The van der Waals surface area contributed by atoms with Gasteiger partial charge in [0.05, 0.1) is 12.2 Å². The van der Waals surface area contributed by atoms with Crippen LogP contribution in [0.25, 0.3) is 0 Å². The van der Waals surface area contributed by atoms with Gasteiger partial charge in [-0.1, -0.05) is 71.7 Å². The van der Waals surface area contributed by atoms with Crippen molar-refractivity contribution in [1.82, 2.24) is 4.90 Å². The van der Waals surface area contributed by atoms with Crippen LogP contribution >= 0.6 is 23.2 Å². The number of hydrogen-bond donors (Lipinski definition) is 1. The summed E-state index contributed by atoms with van der Waals surface area (Å²) in [5.74, 6) is -2.53. The summed E-state index contributed by atoms with van der Waals surface area (Å²) in [6, 6.07) is 27.4. The Morgan fingerprint density at radius 1 is 0.804 bits per heavy atom. The lowest BCUT2D eigenvalue weighted by Crippen LogP contribution is -2.37.